The van der Waals surface area contributed by atoms with Crippen molar-refractivity contribution < 1.29 is 14.6 Å². The third kappa shape index (κ3) is 8.38. The first-order valence-corrected chi connectivity index (χ1v) is 7.29. The number of aliphatic hydroxyl groups excluding tert-OH is 1. The maximum absolute atomic E-state index is 12.2. The van der Waals surface area contributed by atoms with Crippen molar-refractivity contribution in [3.05, 3.63) is 0 Å². The Labute approximate surface area is 123 Å². The summed E-state index contributed by atoms with van der Waals surface area (Å²) in [6.07, 6.45) is -0.290. The van der Waals surface area contributed by atoms with Crippen LogP contribution in [0.4, 0.5) is 4.79 Å². The van der Waals surface area contributed by atoms with Gasteiger partial charge in [0.2, 0.25) is 0 Å². The summed E-state index contributed by atoms with van der Waals surface area (Å²) in [6, 6.07) is 0. The highest BCUT2D eigenvalue weighted by atomic mass is 16.6. The molecule has 1 atom stereocenters. The fourth-order valence-corrected chi connectivity index (χ4v) is 1.62. The first-order chi connectivity index (χ1) is 8.97. The van der Waals surface area contributed by atoms with Crippen molar-refractivity contribution in [2.45, 2.75) is 59.6 Å². The lowest BCUT2D eigenvalue weighted by atomic mass is 10.1. The number of nitrogens with one attached hydrogen (secondary N) is 1. The third-order valence-corrected chi connectivity index (χ3v) is 2.74. The van der Waals surface area contributed by atoms with Crippen LogP contribution in [0, 0.1) is 5.92 Å². The Morgan fingerprint density at radius 2 is 1.80 bits per heavy atom. The van der Waals surface area contributed by atoms with Gasteiger partial charge in [-0.05, 0) is 54.0 Å². The molecule has 0 bridgehead atoms. The van der Waals surface area contributed by atoms with Gasteiger partial charge >= 0.3 is 6.09 Å². The van der Waals surface area contributed by atoms with E-state index in [0.29, 0.717) is 13.1 Å². The van der Waals surface area contributed by atoms with E-state index in [0.717, 1.165) is 6.54 Å². The SMILES string of the molecule is CC(CO)CNCCN(C(=O)OC(C)(C)C)C(C)(C)C. The summed E-state index contributed by atoms with van der Waals surface area (Å²) in [5.41, 5.74) is -0.772. The van der Waals surface area contributed by atoms with Crippen molar-refractivity contribution >= 4 is 6.09 Å². The molecule has 1 unspecified atom stereocenters. The molecular weight excluding hydrogens is 256 g/mol. The van der Waals surface area contributed by atoms with Crippen LogP contribution in [-0.4, -0.2) is 53.5 Å². The number of carbonyl (C=O) groups is 1. The van der Waals surface area contributed by atoms with Crippen LogP contribution in [0.25, 0.3) is 0 Å². The molecule has 0 aliphatic heterocycles. The number of amides is 1. The average molecular weight is 288 g/mol. The van der Waals surface area contributed by atoms with Gasteiger partial charge in [0.25, 0.3) is 0 Å². The minimum Gasteiger partial charge on any atom is -0.444 e. The molecule has 0 aliphatic carbocycles. The lowest BCUT2D eigenvalue weighted by Gasteiger charge is -2.37. The molecule has 0 spiro atoms. The molecule has 2 N–H and O–H groups in total. The summed E-state index contributed by atoms with van der Waals surface area (Å²) in [5.74, 6) is 0.222. The number of hydrogen-bond acceptors (Lipinski definition) is 4. The van der Waals surface area contributed by atoms with Crippen molar-refractivity contribution in [2.24, 2.45) is 5.92 Å². The molecule has 1 amide bonds. The van der Waals surface area contributed by atoms with E-state index in [-0.39, 0.29) is 24.2 Å². The molecule has 0 fully saturated rings. The lowest BCUT2D eigenvalue weighted by Crippen LogP contribution is -2.50. The predicted octanol–water partition coefficient (Wildman–Crippen LogP) is 2.24. The molecule has 0 aromatic carbocycles. The van der Waals surface area contributed by atoms with Crippen LogP contribution in [0.1, 0.15) is 48.5 Å². The van der Waals surface area contributed by atoms with Gasteiger partial charge in [-0.25, -0.2) is 4.79 Å². The normalized spacial score (nSPS) is 14.0. The Balaban J connectivity index is 4.41. The van der Waals surface area contributed by atoms with Gasteiger partial charge in [0, 0.05) is 25.2 Å². The van der Waals surface area contributed by atoms with Gasteiger partial charge in [0.1, 0.15) is 5.60 Å². The molecule has 0 saturated heterocycles. The second-order valence-electron chi connectivity index (χ2n) is 7.29. The predicted molar refractivity (Wildman–Crippen MR) is 81.8 cm³/mol. The zero-order valence-corrected chi connectivity index (χ0v) is 14.1. The van der Waals surface area contributed by atoms with E-state index in [9.17, 15) is 4.79 Å². The molecular formula is C15H32N2O3. The summed E-state index contributed by atoms with van der Waals surface area (Å²) in [7, 11) is 0. The van der Waals surface area contributed by atoms with Crippen LogP contribution in [0.15, 0.2) is 0 Å². The van der Waals surface area contributed by atoms with Crippen LogP contribution >= 0.6 is 0 Å². The molecule has 0 aromatic rings. The molecule has 5 nitrogen and oxygen atoms in total. The quantitative estimate of drug-likeness (QED) is 0.736. The van der Waals surface area contributed by atoms with E-state index >= 15 is 0 Å². The molecule has 0 aromatic heterocycles. The van der Waals surface area contributed by atoms with Crippen molar-refractivity contribution in [3.8, 4) is 0 Å². The Morgan fingerprint density at radius 1 is 1.25 bits per heavy atom. The van der Waals surface area contributed by atoms with Gasteiger partial charge in [-0.1, -0.05) is 6.92 Å². The minimum atomic E-state index is -0.487. The van der Waals surface area contributed by atoms with E-state index in [4.69, 9.17) is 9.84 Å². The average Bonchev–Trinajstić information content (AvgIpc) is 2.23. The Bertz CT molecular complexity index is 292. The van der Waals surface area contributed by atoms with Crippen molar-refractivity contribution in [1.82, 2.24) is 10.2 Å². The lowest BCUT2D eigenvalue weighted by molar-refractivity contribution is 0.00657. The highest BCUT2D eigenvalue weighted by molar-refractivity contribution is 5.69. The van der Waals surface area contributed by atoms with Crippen molar-refractivity contribution in [3.63, 3.8) is 0 Å². The number of ether oxygens (including phenoxy) is 1. The Hall–Kier alpha value is -0.810. The number of hydrogen-bond donors (Lipinski definition) is 2. The number of nitrogens with zero attached hydrogens (tertiary/aromatic N) is 1. The number of rotatable bonds is 6. The summed E-state index contributed by atoms with van der Waals surface area (Å²) >= 11 is 0. The number of aliphatic hydroxyl groups is 1. The maximum atomic E-state index is 12.2. The second-order valence-corrected chi connectivity index (χ2v) is 7.29. The van der Waals surface area contributed by atoms with Gasteiger partial charge in [-0.3, -0.25) is 0 Å². The van der Waals surface area contributed by atoms with Crippen LogP contribution in [0.2, 0.25) is 0 Å². The molecule has 0 rings (SSSR count). The Kier molecular flexibility index (Phi) is 7.52. The molecule has 0 radical (unpaired) electrons. The molecule has 5 heteroatoms. The first kappa shape index (κ1) is 19.2. The number of carbonyl (C=O) groups excluding carboxylic acids is 1. The molecule has 120 valence electrons. The zero-order valence-electron chi connectivity index (χ0n) is 14.1. The second kappa shape index (κ2) is 7.84. The zero-order chi connectivity index (χ0) is 16.0. The maximum Gasteiger partial charge on any atom is 0.410 e. The molecule has 20 heavy (non-hydrogen) atoms. The summed E-state index contributed by atoms with van der Waals surface area (Å²) < 4.78 is 5.44. The van der Waals surface area contributed by atoms with Crippen molar-refractivity contribution in [1.29, 1.82) is 0 Å². The molecule has 0 heterocycles. The van der Waals surface area contributed by atoms with E-state index < -0.39 is 5.60 Å². The fourth-order valence-electron chi connectivity index (χ4n) is 1.62. The smallest absolute Gasteiger partial charge is 0.410 e. The van der Waals surface area contributed by atoms with E-state index in [1.807, 2.05) is 48.5 Å². The summed E-state index contributed by atoms with van der Waals surface area (Å²) in [6.45, 7) is 15.7. The Morgan fingerprint density at radius 3 is 2.20 bits per heavy atom. The topological polar surface area (TPSA) is 61.8 Å². The highest BCUT2D eigenvalue weighted by Gasteiger charge is 2.30. The summed E-state index contributed by atoms with van der Waals surface area (Å²) in [5, 5.41) is 12.2. The molecule has 0 aliphatic rings. The third-order valence-electron chi connectivity index (χ3n) is 2.74. The highest BCUT2D eigenvalue weighted by Crippen LogP contribution is 2.17. The monoisotopic (exact) mass is 288 g/mol. The standard InChI is InChI=1S/C15H32N2O3/c1-12(11-18)10-16-8-9-17(14(2,3)4)13(19)20-15(5,6)7/h12,16,18H,8-11H2,1-7H3. The van der Waals surface area contributed by atoms with Crippen molar-refractivity contribution in [2.75, 3.05) is 26.2 Å². The van der Waals surface area contributed by atoms with Gasteiger partial charge in [0.15, 0.2) is 0 Å². The molecule has 0 saturated carbocycles. The van der Waals surface area contributed by atoms with Gasteiger partial charge in [0.05, 0.1) is 0 Å². The van der Waals surface area contributed by atoms with Crippen LogP contribution in [-0.2, 0) is 4.74 Å². The van der Waals surface area contributed by atoms with Crippen LogP contribution in [0.3, 0.4) is 0 Å². The van der Waals surface area contributed by atoms with E-state index in [2.05, 4.69) is 5.32 Å². The van der Waals surface area contributed by atoms with Gasteiger partial charge in [-0.2, -0.15) is 0 Å². The minimum absolute atomic E-state index is 0.169. The van der Waals surface area contributed by atoms with E-state index in [1.54, 1.807) is 4.90 Å². The largest absolute Gasteiger partial charge is 0.444 e. The van der Waals surface area contributed by atoms with Gasteiger partial charge < -0.3 is 20.1 Å². The van der Waals surface area contributed by atoms with Crippen LogP contribution in [0.5, 0.6) is 0 Å². The fraction of sp³-hybridized carbons (Fsp3) is 0.933. The van der Waals surface area contributed by atoms with Gasteiger partial charge in [-0.15, -0.1) is 0 Å². The summed E-state index contributed by atoms with van der Waals surface area (Å²) in [4.78, 5) is 14.0. The van der Waals surface area contributed by atoms with Crippen LogP contribution < -0.4 is 5.32 Å². The van der Waals surface area contributed by atoms with E-state index in [1.165, 1.54) is 0 Å². The first-order valence-electron chi connectivity index (χ1n) is 7.29.